The first-order chi connectivity index (χ1) is 13.0. The zero-order valence-electron chi connectivity index (χ0n) is 14.5. The van der Waals surface area contributed by atoms with Crippen LogP contribution in [0.5, 0.6) is 5.75 Å². The summed E-state index contributed by atoms with van der Waals surface area (Å²) in [6.07, 6.45) is 5.33. The standard InChI is InChI=1S/C20H16BrN3O3/c1-3-10-24-20(26)15-7-5-4-6-14(15)18(23-24)12-22-19(25)16-11-13(27-2)8-9-17(16)21/h1,4-9,11H,10,12H2,2H3,(H,22,25). The van der Waals surface area contributed by atoms with Crippen LogP contribution in [0.1, 0.15) is 16.1 Å². The minimum Gasteiger partial charge on any atom is -0.497 e. The van der Waals surface area contributed by atoms with Crippen LogP contribution in [0.4, 0.5) is 0 Å². The van der Waals surface area contributed by atoms with Crippen molar-refractivity contribution in [3.05, 3.63) is 68.5 Å². The number of halogens is 1. The molecule has 2 aromatic carbocycles. The number of hydrogen-bond acceptors (Lipinski definition) is 4. The first kappa shape index (κ1) is 18.7. The Morgan fingerprint density at radius 1 is 1.30 bits per heavy atom. The van der Waals surface area contributed by atoms with E-state index in [4.69, 9.17) is 11.2 Å². The van der Waals surface area contributed by atoms with Gasteiger partial charge >= 0.3 is 0 Å². The van der Waals surface area contributed by atoms with Gasteiger partial charge in [-0.1, -0.05) is 24.1 Å². The van der Waals surface area contributed by atoms with Crippen molar-refractivity contribution in [1.29, 1.82) is 0 Å². The molecule has 1 heterocycles. The fourth-order valence-corrected chi connectivity index (χ4v) is 3.12. The summed E-state index contributed by atoms with van der Waals surface area (Å²) in [5.74, 6) is 2.71. The highest BCUT2D eigenvalue weighted by atomic mass is 79.9. The topological polar surface area (TPSA) is 73.2 Å². The van der Waals surface area contributed by atoms with Crippen molar-refractivity contribution in [2.75, 3.05) is 7.11 Å². The number of methoxy groups -OCH3 is 1. The molecule has 27 heavy (non-hydrogen) atoms. The van der Waals surface area contributed by atoms with Crippen LogP contribution in [-0.4, -0.2) is 22.8 Å². The summed E-state index contributed by atoms with van der Waals surface area (Å²) in [6, 6.07) is 12.3. The normalized spacial score (nSPS) is 10.4. The maximum atomic E-state index is 12.6. The lowest BCUT2D eigenvalue weighted by Crippen LogP contribution is -2.28. The average Bonchev–Trinajstić information content (AvgIpc) is 2.69. The van der Waals surface area contributed by atoms with Crippen molar-refractivity contribution in [1.82, 2.24) is 15.1 Å². The lowest BCUT2D eigenvalue weighted by Gasteiger charge is -2.11. The van der Waals surface area contributed by atoms with Crippen LogP contribution >= 0.6 is 15.9 Å². The van der Waals surface area contributed by atoms with Gasteiger partial charge in [0.1, 0.15) is 12.3 Å². The van der Waals surface area contributed by atoms with Gasteiger partial charge in [0.05, 0.1) is 30.3 Å². The van der Waals surface area contributed by atoms with Crippen LogP contribution in [0.25, 0.3) is 10.8 Å². The first-order valence-electron chi connectivity index (χ1n) is 8.09. The van der Waals surface area contributed by atoms with E-state index in [-0.39, 0.29) is 24.6 Å². The van der Waals surface area contributed by atoms with Gasteiger partial charge in [0.25, 0.3) is 11.5 Å². The molecule has 0 spiro atoms. The molecule has 3 rings (SSSR count). The number of rotatable bonds is 5. The van der Waals surface area contributed by atoms with Crippen LogP contribution in [0.3, 0.4) is 0 Å². The number of nitrogens with zero attached hydrogens (tertiary/aromatic N) is 2. The molecule has 0 unspecified atom stereocenters. The van der Waals surface area contributed by atoms with Gasteiger partial charge < -0.3 is 10.1 Å². The smallest absolute Gasteiger partial charge is 0.275 e. The third-order valence-electron chi connectivity index (χ3n) is 4.02. The summed E-state index contributed by atoms with van der Waals surface area (Å²) in [5, 5.41) is 8.35. The van der Waals surface area contributed by atoms with Crippen LogP contribution in [-0.2, 0) is 13.1 Å². The number of aromatic nitrogens is 2. The van der Waals surface area contributed by atoms with Crippen molar-refractivity contribution in [2.45, 2.75) is 13.1 Å². The molecule has 1 N–H and O–H groups in total. The van der Waals surface area contributed by atoms with Crippen molar-refractivity contribution in [3.63, 3.8) is 0 Å². The van der Waals surface area contributed by atoms with Gasteiger partial charge in [-0.3, -0.25) is 9.59 Å². The van der Waals surface area contributed by atoms with Crippen LogP contribution in [0.15, 0.2) is 51.7 Å². The molecular formula is C20H16BrN3O3. The van der Waals surface area contributed by atoms with Crippen LogP contribution in [0, 0.1) is 12.3 Å². The Bertz CT molecular complexity index is 1120. The number of carbonyl (C=O) groups excluding carboxylic acids is 1. The summed E-state index contributed by atoms with van der Waals surface area (Å²) in [5.41, 5.74) is 0.748. The maximum Gasteiger partial charge on any atom is 0.275 e. The highest BCUT2D eigenvalue weighted by molar-refractivity contribution is 9.10. The van der Waals surface area contributed by atoms with Gasteiger partial charge in [0, 0.05) is 9.86 Å². The largest absolute Gasteiger partial charge is 0.497 e. The molecule has 0 saturated carbocycles. The van der Waals surface area contributed by atoms with E-state index in [0.717, 1.165) is 0 Å². The molecule has 6 nitrogen and oxygen atoms in total. The lowest BCUT2D eigenvalue weighted by atomic mass is 10.1. The Kier molecular flexibility index (Phi) is 5.57. The third kappa shape index (κ3) is 3.86. The number of ether oxygens (including phenoxy) is 1. The molecule has 1 aromatic heterocycles. The Hall–Kier alpha value is -3.11. The van der Waals surface area contributed by atoms with Crippen molar-refractivity contribution >= 4 is 32.6 Å². The number of carbonyl (C=O) groups is 1. The summed E-state index contributed by atoms with van der Waals surface area (Å²) in [4.78, 5) is 25.0. The first-order valence-corrected chi connectivity index (χ1v) is 8.88. The van der Waals surface area contributed by atoms with E-state index in [2.05, 4.69) is 32.3 Å². The van der Waals surface area contributed by atoms with Gasteiger partial charge in [-0.25, -0.2) is 4.68 Å². The second-order valence-electron chi connectivity index (χ2n) is 5.69. The SMILES string of the molecule is C#CCn1nc(CNC(=O)c2cc(OC)ccc2Br)c2ccccc2c1=O. The van der Waals surface area contributed by atoms with E-state index < -0.39 is 0 Å². The predicted octanol–water partition coefficient (Wildman–Crippen LogP) is 2.73. The number of nitrogens with one attached hydrogen (secondary N) is 1. The van der Waals surface area contributed by atoms with Gasteiger partial charge in [-0.15, -0.1) is 6.42 Å². The fraction of sp³-hybridized carbons (Fsp3) is 0.150. The summed E-state index contributed by atoms with van der Waals surface area (Å²) in [7, 11) is 1.54. The highest BCUT2D eigenvalue weighted by Crippen LogP contribution is 2.22. The Labute approximate surface area is 164 Å². The zero-order valence-corrected chi connectivity index (χ0v) is 16.1. The lowest BCUT2D eigenvalue weighted by molar-refractivity contribution is 0.0949. The molecule has 136 valence electrons. The maximum absolute atomic E-state index is 12.6. The summed E-state index contributed by atoms with van der Waals surface area (Å²) in [6.45, 7) is 0.208. The minimum absolute atomic E-state index is 0.0616. The van der Waals surface area contributed by atoms with Crippen molar-refractivity contribution in [3.8, 4) is 18.1 Å². The van der Waals surface area contributed by atoms with Crippen LogP contribution < -0.4 is 15.6 Å². The molecule has 0 bridgehead atoms. The molecule has 0 fully saturated rings. The molecule has 0 saturated heterocycles. The molecule has 7 heteroatoms. The third-order valence-corrected chi connectivity index (χ3v) is 4.71. The Morgan fingerprint density at radius 2 is 2.04 bits per heavy atom. The molecular weight excluding hydrogens is 410 g/mol. The van der Waals surface area contributed by atoms with E-state index in [9.17, 15) is 9.59 Å². The number of fused-ring (bicyclic) bond motifs is 1. The molecule has 0 aliphatic heterocycles. The number of benzene rings is 2. The van der Waals surface area contributed by atoms with Crippen LogP contribution in [0.2, 0.25) is 0 Å². The monoisotopic (exact) mass is 425 g/mol. The van der Waals surface area contributed by atoms with E-state index in [1.165, 1.54) is 11.8 Å². The molecule has 0 atom stereocenters. The average molecular weight is 426 g/mol. The second-order valence-corrected chi connectivity index (χ2v) is 6.54. The zero-order chi connectivity index (χ0) is 19.4. The van der Waals surface area contributed by atoms with E-state index >= 15 is 0 Å². The second kappa shape index (κ2) is 8.06. The van der Waals surface area contributed by atoms with E-state index in [0.29, 0.717) is 32.3 Å². The molecule has 0 aliphatic rings. The van der Waals surface area contributed by atoms with E-state index in [1.54, 1.807) is 36.4 Å². The van der Waals surface area contributed by atoms with Gasteiger partial charge in [-0.2, -0.15) is 5.10 Å². The quantitative estimate of drug-likeness (QED) is 0.637. The summed E-state index contributed by atoms with van der Waals surface area (Å²) >= 11 is 3.37. The number of hydrogen-bond donors (Lipinski definition) is 1. The predicted molar refractivity (Wildman–Crippen MR) is 107 cm³/mol. The fourth-order valence-electron chi connectivity index (χ4n) is 2.69. The number of amides is 1. The van der Waals surface area contributed by atoms with Crippen molar-refractivity contribution in [2.24, 2.45) is 0 Å². The minimum atomic E-state index is -0.290. The van der Waals surface area contributed by atoms with Gasteiger partial charge in [-0.05, 0) is 40.2 Å². The Morgan fingerprint density at radius 3 is 2.74 bits per heavy atom. The number of terminal acetylenes is 1. The molecule has 1 amide bonds. The van der Waals surface area contributed by atoms with Gasteiger partial charge in [0.15, 0.2) is 0 Å². The highest BCUT2D eigenvalue weighted by Gasteiger charge is 2.14. The molecule has 0 radical (unpaired) electrons. The molecule has 0 aliphatic carbocycles. The van der Waals surface area contributed by atoms with E-state index in [1.807, 2.05) is 6.07 Å². The Balaban J connectivity index is 1.93. The van der Waals surface area contributed by atoms with Crippen molar-refractivity contribution < 1.29 is 9.53 Å². The molecule has 3 aromatic rings. The summed E-state index contributed by atoms with van der Waals surface area (Å²) < 4.78 is 7.04. The van der Waals surface area contributed by atoms with Gasteiger partial charge in [0.2, 0.25) is 0 Å².